The highest BCUT2D eigenvalue weighted by Crippen LogP contribution is 1.97. The van der Waals surface area contributed by atoms with Crippen LogP contribution in [0.1, 0.15) is 6.92 Å². The molecule has 0 radical (unpaired) electrons. The van der Waals surface area contributed by atoms with Crippen LogP contribution < -0.4 is 0 Å². The van der Waals surface area contributed by atoms with Crippen molar-refractivity contribution in [2.75, 3.05) is 13.3 Å². The lowest BCUT2D eigenvalue weighted by Crippen LogP contribution is -1.81. The summed E-state index contributed by atoms with van der Waals surface area (Å²) in [5, 5.41) is 1.08. The summed E-state index contributed by atoms with van der Waals surface area (Å²) >= 11 is 1.66. The summed E-state index contributed by atoms with van der Waals surface area (Å²) in [7, 11) is 1.80. The molecule has 0 aliphatic rings. The second-order valence-corrected chi connectivity index (χ2v) is 2.09. The highest BCUT2D eigenvalue weighted by molar-refractivity contribution is 8.13. The molecule has 8 heavy (non-hydrogen) atoms. The average molecular weight is 129 g/mol. The summed E-state index contributed by atoms with van der Waals surface area (Å²) in [4.78, 5) is 3.99. The van der Waals surface area contributed by atoms with Crippen molar-refractivity contribution < 1.29 is 0 Å². The van der Waals surface area contributed by atoms with Crippen LogP contribution in [-0.2, 0) is 0 Å². The molecule has 0 amide bonds. The maximum atomic E-state index is 3.99. The van der Waals surface area contributed by atoms with Crippen LogP contribution in [0.2, 0.25) is 0 Å². The summed E-state index contributed by atoms with van der Waals surface area (Å²) in [5.41, 5.74) is 0. The molecule has 0 saturated carbocycles. The van der Waals surface area contributed by atoms with Crippen LogP contribution in [0.15, 0.2) is 17.1 Å². The van der Waals surface area contributed by atoms with Gasteiger partial charge in [0.15, 0.2) is 0 Å². The Kier molecular flexibility index (Phi) is 4.76. The normalized spacial score (nSPS) is 13.1. The Morgan fingerprint density at radius 3 is 2.38 bits per heavy atom. The van der Waals surface area contributed by atoms with Gasteiger partial charge in [-0.2, -0.15) is 0 Å². The van der Waals surface area contributed by atoms with E-state index < -0.39 is 0 Å². The molecule has 0 bridgehead atoms. The minimum Gasteiger partial charge on any atom is -0.282 e. The second-order valence-electron chi connectivity index (χ2n) is 1.27. The van der Waals surface area contributed by atoms with Crippen LogP contribution in [0.3, 0.4) is 0 Å². The van der Waals surface area contributed by atoms with Gasteiger partial charge < -0.3 is 0 Å². The van der Waals surface area contributed by atoms with Gasteiger partial charge in [0.2, 0.25) is 0 Å². The van der Waals surface area contributed by atoms with Gasteiger partial charge in [-0.05, 0) is 19.3 Å². The first kappa shape index (κ1) is 7.76. The fourth-order valence-electron chi connectivity index (χ4n) is 0.376. The SMILES string of the molecule is C/C=C\C(=NC)SC. The Morgan fingerprint density at radius 1 is 1.62 bits per heavy atom. The number of allylic oxidation sites excluding steroid dienone is 1. The number of thioether (sulfide) groups is 1. The van der Waals surface area contributed by atoms with Crippen LogP contribution in [-0.4, -0.2) is 18.3 Å². The van der Waals surface area contributed by atoms with Gasteiger partial charge in [-0.3, -0.25) is 4.99 Å². The van der Waals surface area contributed by atoms with E-state index in [0.29, 0.717) is 0 Å². The Balaban J connectivity index is 3.72. The molecule has 0 spiro atoms. The molecule has 46 valence electrons. The van der Waals surface area contributed by atoms with E-state index in [1.165, 1.54) is 0 Å². The van der Waals surface area contributed by atoms with Crippen molar-refractivity contribution in [3.05, 3.63) is 12.2 Å². The van der Waals surface area contributed by atoms with E-state index in [1.807, 2.05) is 25.3 Å². The van der Waals surface area contributed by atoms with Gasteiger partial charge in [0, 0.05) is 7.05 Å². The zero-order valence-electron chi connectivity index (χ0n) is 5.51. The van der Waals surface area contributed by atoms with Crippen molar-refractivity contribution in [2.24, 2.45) is 4.99 Å². The molecule has 2 heteroatoms. The van der Waals surface area contributed by atoms with Gasteiger partial charge >= 0.3 is 0 Å². The van der Waals surface area contributed by atoms with Crippen molar-refractivity contribution in [3.8, 4) is 0 Å². The van der Waals surface area contributed by atoms with Gasteiger partial charge in [0.05, 0.1) is 5.04 Å². The first-order valence-corrected chi connectivity index (χ1v) is 3.71. The zero-order chi connectivity index (χ0) is 6.41. The molecule has 0 saturated heterocycles. The number of nitrogens with zero attached hydrogens (tertiary/aromatic N) is 1. The summed E-state index contributed by atoms with van der Waals surface area (Å²) in [6.07, 6.45) is 5.99. The van der Waals surface area contributed by atoms with Crippen LogP contribution >= 0.6 is 11.8 Å². The molecule has 1 nitrogen and oxygen atoms in total. The van der Waals surface area contributed by atoms with Crippen LogP contribution in [0.25, 0.3) is 0 Å². The first-order chi connectivity index (χ1) is 3.85. The molecule has 0 aliphatic carbocycles. The van der Waals surface area contributed by atoms with Crippen molar-refractivity contribution >= 4 is 16.8 Å². The minimum absolute atomic E-state index is 1.08. The fourth-order valence-corrected chi connectivity index (χ4v) is 0.831. The van der Waals surface area contributed by atoms with E-state index in [9.17, 15) is 0 Å². The van der Waals surface area contributed by atoms with Crippen molar-refractivity contribution in [2.45, 2.75) is 6.92 Å². The third-order valence-electron chi connectivity index (χ3n) is 0.739. The maximum Gasteiger partial charge on any atom is 0.0894 e. The van der Waals surface area contributed by atoms with Crippen molar-refractivity contribution in [1.82, 2.24) is 0 Å². The van der Waals surface area contributed by atoms with E-state index in [-0.39, 0.29) is 0 Å². The molecule has 0 aromatic heterocycles. The van der Waals surface area contributed by atoms with Crippen LogP contribution in [0.4, 0.5) is 0 Å². The van der Waals surface area contributed by atoms with Crippen molar-refractivity contribution in [1.29, 1.82) is 0 Å². The van der Waals surface area contributed by atoms with E-state index >= 15 is 0 Å². The summed E-state index contributed by atoms with van der Waals surface area (Å²) < 4.78 is 0. The number of hydrogen-bond donors (Lipinski definition) is 0. The van der Waals surface area contributed by atoms with Gasteiger partial charge in [-0.15, -0.1) is 11.8 Å². The lowest BCUT2D eigenvalue weighted by atomic mass is 10.6. The topological polar surface area (TPSA) is 12.4 Å². The molecule has 0 fully saturated rings. The average Bonchev–Trinajstić information content (AvgIpc) is 1.83. The Labute approximate surface area is 54.9 Å². The van der Waals surface area contributed by atoms with Crippen LogP contribution in [0, 0.1) is 0 Å². The molecule has 0 aromatic rings. The molecule has 0 rings (SSSR count). The summed E-state index contributed by atoms with van der Waals surface area (Å²) in [5.74, 6) is 0. The quantitative estimate of drug-likeness (QED) is 0.389. The second kappa shape index (κ2) is 4.91. The Bertz CT molecular complexity index is 102. The third-order valence-corrected chi connectivity index (χ3v) is 1.48. The first-order valence-electron chi connectivity index (χ1n) is 2.48. The lowest BCUT2D eigenvalue weighted by molar-refractivity contribution is 1.47. The predicted octanol–water partition coefficient (Wildman–Crippen LogP) is 1.95. The number of aliphatic imine (C=N–C) groups is 1. The van der Waals surface area contributed by atoms with E-state index in [2.05, 4.69) is 4.99 Å². The molecule has 0 N–H and O–H groups in total. The maximum absolute atomic E-state index is 3.99. The number of rotatable bonds is 1. The smallest absolute Gasteiger partial charge is 0.0894 e. The largest absolute Gasteiger partial charge is 0.282 e. The van der Waals surface area contributed by atoms with E-state index in [0.717, 1.165) is 5.04 Å². The monoisotopic (exact) mass is 129 g/mol. The highest BCUT2D eigenvalue weighted by Gasteiger charge is 1.82. The van der Waals surface area contributed by atoms with E-state index in [1.54, 1.807) is 18.8 Å². The fraction of sp³-hybridized carbons (Fsp3) is 0.500. The van der Waals surface area contributed by atoms with Gasteiger partial charge in [0.25, 0.3) is 0 Å². The van der Waals surface area contributed by atoms with Crippen molar-refractivity contribution in [3.63, 3.8) is 0 Å². The Morgan fingerprint density at radius 2 is 2.25 bits per heavy atom. The standard InChI is InChI=1S/C6H11NS/c1-4-5-6(7-2)8-3/h4-5H,1-3H3/b5-4-,7-6?. The van der Waals surface area contributed by atoms with E-state index in [4.69, 9.17) is 0 Å². The summed E-state index contributed by atoms with van der Waals surface area (Å²) in [6.45, 7) is 1.99. The molecular weight excluding hydrogens is 118 g/mol. The van der Waals surface area contributed by atoms with Crippen LogP contribution in [0.5, 0.6) is 0 Å². The highest BCUT2D eigenvalue weighted by atomic mass is 32.2. The van der Waals surface area contributed by atoms with Gasteiger partial charge in [0.1, 0.15) is 0 Å². The summed E-state index contributed by atoms with van der Waals surface area (Å²) in [6, 6.07) is 0. The van der Waals surface area contributed by atoms with Gasteiger partial charge in [-0.25, -0.2) is 0 Å². The molecule has 0 atom stereocenters. The van der Waals surface area contributed by atoms with Gasteiger partial charge in [-0.1, -0.05) is 6.08 Å². The third kappa shape index (κ3) is 2.86. The molecule has 0 unspecified atom stereocenters. The predicted molar refractivity (Wildman–Crippen MR) is 41.7 cm³/mol. The minimum atomic E-state index is 1.08. The zero-order valence-corrected chi connectivity index (χ0v) is 6.33. The molecule has 0 heterocycles. The number of hydrogen-bond acceptors (Lipinski definition) is 2. The Hall–Kier alpha value is -0.240. The molecule has 0 aromatic carbocycles. The lowest BCUT2D eigenvalue weighted by Gasteiger charge is -1.88. The molecular formula is C6H11NS. The molecule has 0 aliphatic heterocycles.